The van der Waals surface area contributed by atoms with Crippen LogP contribution in [0.25, 0.3) is 10.9 Å². The zero-order valence-corrected chi connectivity index (χ0v) is 15.8. The minimum Gasteiger partial charge on any atom is -0.477 e. The molecular formula is C11H9Br3N2O3S. The molecule has 2 aromatic rings. The van der Waals surface area contributed by atoms with Crippen LogP contribution in [0.5, 0.6) is 5.88 Å². The summed E-state index contributed by atoms with van der Waals surface area (Å²) < 4.78 is 28.5. The van der Waals surface area contributed by atoms with Gasteiger partial charge in [-0.3, -0.25) is 0 Å². The Hall–Kier alpha value is -0.250. The molecule has 0 aliphatic heterocycles. The number of aromatic nitrogens is 2. The van der Waals surface area contributed by atoms with Crippen molar-refractivity contribution in [3.05, 3.63) is 24.3 Å². The Kier molecular flexibility index (Phi) is 4.73. The molecule has 0 spiro atoms. The molecule has 0 saturated carbocycles. The summed E-state index contributed by atoms with van der Waals surface area (Å²) in [6.07, 6.45) is 0. The van der Waals surface area contributed by atoms with Crippen molar-refractivity contribution >= 4 is 68.5 Å². The molecule has 0 N–H and O–H groups in total. The molecule has 9 heteroatoms. The molecule has 0 amide bonds. The normalized spacial score (nSPS) is 12.6. The molecule has 20 heavy (non-hydrogen) atoms. The van der Waals surface area contributed by atoms with Crippen molar-refractivity contribution in [3.63, 3.8) is 0 Å². The van der Waals surface area contributed by atoms with Gasteiger partial charge in [0.2, 0.25) is 17.2 Å². The summed E-state index contributed by atoms with van der Waals surface area (Å²) in [5.41, 5.74) is 0.501. The second-order valence-corrected chi connectivity index (χ2v) is 14.0. The number of sulfone groups is 1. The SMILES string of the molecule is CCOc1nc(S(=O)(=O)C(Br)(Br)Br)nc2ccccc12. The van der Waals surface area contributed by atoms with E-state index in [9.17, 15) is 8.42 Å². The first kappa shape index (κ1) is 16.1. The zero-order valence-electron chi connectivity index (χ0n) is 10.2. The largest absolute Gasteiger partial charge is 0.477 e. The number of hydrogen-bond donors (Lipinski definition) is 0. The van der Waals surface area contributed by atoms with E-state index < -0.39 is 11.3 Å². The highest BCUT2D eigenvalue weighted by atomic mass is 80.0. The number of hydrogen-bond acceptors (Lipinski definition) is 5. The molecule has 0 radical (unpaired) electrons. The molecule has 1 aromatic carbocycles. The fourth-order valence-corrected chi connectivity index (χ4v) is 3.43. The van der Waals surface area contributed by atoms with Gasteiger partial charge in [-0.15, -0.1) is 0 Å². The minimum atomic E-state index is -3.86. The summed E-state index contributed by atoms with van der Waals surface area (Å²) in [6, 6.07) is 7.06. The number of para-hydroxylation sites is 1. The van der Waals surface area contributed by atoms with Crippen molar-refractivity contribution in [2.75, 3.05) is 6.61 Å². The van der Waals surface area contributed by atoms with Crippen molar-refractivity contribution in [2.45, 2.75) is 13.6 Å². The smallest absolute Gasteiger partial charge is 0.254 e. The van der Waals surface area contributed by atoms with Crippen LogP contribution in [-0.2, 0) is 9.84 Å². The second-order valence-electron chi connectivity index (χ2n) is 3.71. The van der Waals surface area contributed by atoms with E-state index in [2.05, 4.69) is 57.8 Å². The zero-order chi connectivity index (χ0) is 15.0. The maximum atomic E-state index is 12.3. The quantitative estimate of drug-likeness (QED) is 0.488. The lowest BCUT2D eigenvalue weighted by Crippen LogP contribution is -2.21. The first-order valence-corrected chi connectivity index (χ1v) is 9.34. The number of benzene rings is 1. The lowest BCUT2D eigenvalue weighted by Gasteiger charge is -2.14. The van der Waals surface area contributed by atoms with Crippen LogP contribution < -0.4 is 4.74 Å². The Bertz CT molecular complexity index is 744. The minimum absolute atomic E-state index is 0.244. The molecule has 0 fully saturated rings. The summed E-state index contributed by atoms with van der Waals surface area (Å²) in [5.74, 6) is 0.244. The van der Waals surface area contributed by atoms with Gasteiger partial charge in [-0.2, -0.15) is 4.98 Å². The van der Waals surface area contributed by atoms with Gasteiger partial charge in [-0.05, 0) is 66.8 Å². The monoisotopic (exact) mass is 486 g/mol. The maximum absolute atomic E-state index is 12.3. The number of fused-ring (bicyclic) bond motifs is 1. The predicted molar refractivity (Wildman–Crippen MR) is 87.4 cm³/mol. The van der Waals surface area contributed by atoms with Crippen molar-refractivity contribution in [2.24, 2.45) is 0 Å². The Balaban J connectivity index is 2.74. The van der Waals surface area contributed by atoms with E-state index in [4.69, 9.17) is 4.74 Å². The lowest BCUT2D eigenvalue weighted by atomic mass is 10.2. The van der Waals surface area contributed by atoms with Crippen molar-refractivity contribution in [3.8, 4) is 5.88 Å². The molecule has 0 aliphatic rings. The third-order valence-electron chi connectivity index (χ3n) is 2.37. The van der Waals surface area contributed by atoms with Gasteiger partial charge in [0, 0.05) is 0 Å². The summed E-state index contributed by atoms with van der Waals surface area (Å²) in [4.78, 5) is 8.10. The van der Waals surface area contributed by atoms with E-state index in [-0.39, 0.29) is 11.0 Å². The van der Waals surface area contributed by atoms with E-state index in [1.54, 1.807) is 25.1 Å². The Labute approximate surface area is 141 Å². The fraction of sp³-hybridized carbons (Fsp3) is 0.273. The molecule has 5 nitrogen and oxygen atoms in total. The van der Waals surface area contributed by atoms with E-state index in [1.165, 1.54) is 0 Å². The first-order chi connectivity index (χ1) is 9.27. The molecule has 0 bridgehead atoms. The van der Waals surface area contributed by atoms with E-state index in [0.717, 1.165) is 0 Å². The van der Waals surface area contributed by atoms with Crippen LogP contribution in [0, 0.1) is 0 Å². The van der Waals surface area contributed by atoms with Crippen LogP contribution >= 0.6 is 47.8 Å². The van der Waals surface area contributed by atoms with Gasteiger partial charge < -0.3 is 4.74 Å². The molecular weight excluding hydrogens is 480 g/mol. The Morgan fingerprint density at radius 2 is 1.85 bits per heavy atom. The standard InChI is InChI=1S/C11H9Br3N2O3S/c1-2-19-9-7-5-3-4-6-8(7)15-10(16-9)20(17,18)11(12,13)14/h3-6H,2H2,1H3. The van der Waals surface area contributed by atoms with Crippen molar-refractivity contribution in [1.29, 1.82) is 0 Å². The van der Waals surface area contributed by atoms with Crippen LogP contribution in [0.15, 0.2) is 29.4 Å². The third kappa shape index (κ3) is 3.00. The lowest BCUT2D eigenvalue weighted by molar-refractivity contribution is 0.327. The first-order valence-electron chi connectivity index (χ1n) is 5.48. The fourth-order valence-electron chi connectivity index (χ4n) is 1.50. The number of nitrogens with zero attached hydrogens (tertiary/aromatic N) is 2. The predicted octanol–water partition coefficient (Wildman–Crippen LogP) is 3.60. The second kappa shape index (κ2) is 5.86. The summed E-state index contributed by atoms with van der Waals surface area (Å²) in [7, 11) is -3.86. The highest BCUT2D eigenvalue weighted by molar-refractivity contribution is 9.42. The molecule has 0 unspecified atom stereocenters. The van der Waals surface area contributed by atoms with Crippen LogP contribution in [0.1, 0.15) is 6.92 Å². The average molecular weight is 489 g/mol. The Morgan fingerprint density at radius 1 is 1.20 bits per heavy atom. The molecule has 1 aromatic heterocycles. The van der Waals surface area contributed by atoms with Crippen LogP contribution in [0.3, 0.4) is 0 Å². The van der Waals surface area contributed by atoms with E-state index in [1.807, 2.05) is 6.07 Å². The highest BCUT2D eigenvalue weighted by Crippen LogP contribution is 2.42. The number of alkyl halides is 3. The van der Waals surface area contributed by atoms with Crippen molar-refractivity contribution < 1.29 is 13.2 Å². The molecule has 0 aliphatic carbocycles. The van der Waals surface area contributed by atoms with Crippen LogP contribution in [0.4, 0.5) is 0 Å². The van der Waals surface area contributed by atoms with Gasteiger partial charge in [0.15, 0.2) is 0 Å². The van der Waals surface area contributed by atoms with E-state index in [0.29, 0.717) is 17.5 Å². The Morgan fingerprint density at radius 3 is 2.45 bits per heavy atom. The number of ether oxygens (including phenoxy) is 1. The van der Waals surface area contributed by atoms with Crippen LogP contribution in [-0.4, -0.2) is 26.5 Å². The topological polar surface area (TPSA) is 69.2 Å². The number of halogens is 3. The van der Waals surface area contributed by atoms with Gasteiger partial charge in [-0.25, -0.2) is 13.4 Å². The summed E-state index contributed by atoms with van der Waals surface area (Å²) in [6.45, 7) is 2.18. The average Bonchev–Trinajstić information content (AvgIpc) is 2.37. The van der Waals surface area contributed by atoms with E-state index >= 15 is 0 Å². The summed E-state index contributed by atoms with van der Waals surface area (Å²) in [5, 5.41) is 0.336. The molecule has 1 heterocycles. The van der Waals surface area contributed by atoms with Crippen molar-refractivity contribution in [1.82, 2.24) is 9.97 Å². The highest BCUT2D eigenvalue weighted by Gasteiger charge is 2.40. The molecule has 0 saturated heterocycles. The van der Waals surface area contributed by atoms with Gasteiger partial charge in [0.25, 0.3) is 5.16 Å². The number of rotatable bonds is 3. The maximum Gasteiger partial charge on any atom is 0.254 e. The summed E-state index contributed by atoms with van der Waals surface area (Å²) >= 11 is 8.97. The van der Waals surface area contributed by atoms with Gasteiger partial charge >= 0.3 is 0 Å². The van der Waals surface area contributed by atoms with Crippen LogP contribution in [0.2, 0.25) is 0 Å². The van der Waals surface area contributed by atoms with Gasteiger partial charge in [0.05, 0.1) is 17.5 Å². The van der Waals surface area contributed by atoms with Gasteiger partial charge in [-0.1, -0.05) is 12.1 Å². The molecule has 0 atom stereocenters. The third-order valence-corrected chi connectivity index (χ3v) is 7.48. The van der Waals surface area contributed by atoms with Gasteiger partial charge in [0.1, 0.15) is 0 Å². The molecule has 108 valence electrons. The molecule has 2 rings (SSSR count).